The first-order valence-corrected chi connectivity index (χ1v) is 12.1. The highest BCUT2D eigenvalue weighted by Gasteiger charge is 2.16. The van der Waals surface area contributed by atoms with Crippen molar-refractivity contribution < 1.29 is 4.42 Å². The van der Waals surface area contributed by atoms with Gasteiger partial charge in [0.25, 0.3) is 5.56 Å². The van der Waals surface area contributed by atoms with Crippen LogP contribution in [0.4, 0.5) is 0 Å². The van der Waals surface area contributed by atoms with Crippen molar-refractivity contribution >= 4 is 55.1 Å². The molecule has 3 heterocycles. The van der Waals surface area contributed by atoms with Crippen molar-refractivity contribution in [3.05, 3.63) is 92.4 Å². The molecule has 5 nitrogen and oxygen atoms in total. The number of rotatable bonds is 6. The third-order valence-electron chi connectivity index (χ3n) is 5.40. The molecule has 0 saturated heterocycles. The lowest BCUT2D eigenvalue weighted by Gasteiger charge is -2.11. The number of hydrogen-bond acceptors (Lipinski definition) is 6. The molecule has 7 heteroatoms. The summed E-state index contributed by atoms with van der Waals surface area (Å²) in [6.45, 7) is 6.24. The topological polar surface area (TPSA) is 65.1 Å². The Morgan fingerprint density at radius 1 is 1.16 bits per heavy atom. The van der Waals surface area contributed by atoms with E-state index in [-0.39, 0.29) is 11.2 Å². The minimum absolute atomic E-state index is 0.0590. The summed E-state index contributed by atoms with van der Waals surface area (Å²) in [5, 5.41) is 4.29. The van der Waals surface area contributed by atoms with Gasteiger partial charge in [0.05, 0.1) is 5.39 Å². The van der Waals surface area contributed by atoms with Crippen molar-refractivity contribution in [1.29, 1.82) is 0 Å². The van der Waals surface area contributed by atoms with Crippen LogP contribution in [0, 0.1) is 0 Å². The lowest BCUT2D eigenvalue weighted by Crippen LogP contribution is -2.22. The molecule has 0 radical (unpaired) electrons. The summed E-state index contributed by atoms with van der Waals surface area (Å²) in [6, 6.07) is 15.3. The molecule has 5 aromatic rings. The first kappa shape index (κ1) is 20.7. The van der Waals surface area contributed by atoms with Gasteiger partial charge in [0.15, 0.2) is 5.16 Å². The van der Waals surface area contributed by atoms with Crippen LogP contribution in [0.2, 0.25) is 0 Å². The summed E-state index contributed by atoms with van der Waals surface area (Å²) in [4.78, 5) is 32.0. The van der Waals surface area contributed by atoms with Gasteiger partial charge in [-0.3, -0.25) is 9.36 Å². The molecule has 0 unspecified atom stereocenters. The molecule has 5 rings (SSSR count). The van der Waals surface area contributed by atoms with Crippen LogP contribution in [-0.4, -0.2) is 9.55 Å². The molecule has 0 fully saturated rings. The van der Waals surface area contributed by atoms with Crippen LogP contribution in [0.5, 0.6) is 0 Å². The van der Waals surface area contributed by atoms with Crippen molar-refractivity contribution in [3.63, 3.8) is 0 Å². The summed E-state index contributed by atoms with van der Waals surface area (Å²) in [7, 11) is 0. The Morgan fingerprint density at radius 3 is 2.81 bits per heavy atom. The van der Waals surface area contributed by atoms with E-state index in [1.54, 1.807) is 22.0 Å². The number of allylic oxidation sites excluding steroid dienone is 1. The number of aromatic nitrogens is 2. The van der Waals surface area contributed by atoms with Crippen LogP contribution in [0.15, 0.2) is 80.3 Å². The molecule has 0 N–H and O–H groups in total. The van der Waals surface area contributed by atoms with Gasteiger partial charge in [-0.1, -0.05) is 55.1 Å². The molecular weight excluding hydrogens is 440 g/mol. The molecule has 0 amide bonds. The number of thioether (sulfide) groups is 1. The van der Waals surface area contributed by atoms with Crippen LogP contribution in [0.25, 0.3) is 32.0 Å². The predicted molar refractivity (Wildman–Crippen MR) is 133 cm³/mol. The van der Waals surface area contributed by atoms with E-state index in [1.165, 1.54) is 17.8 Å². The number of thiophene rings is 1. The number of fused-ring (bicyclic) bond motifs is 4. The standard InChI is InChI=1S/C25H20N2O3S2/c1-3-11-27-24(29)19-13-17(4-2)32-23(19)26-25(27)31-14-16-12-21(28)30-20-10-9-15-7-5-6-8-18(15)22(16)20/h3,5-10,12-13H,1,4,11,14H2,2H3. The van der Waals surface area contributed by atoms with Gasteiger partial charge in [-0.05, 0) is 34.9 Å². The molecule has 0 aliphatic carbocycles. The highest BCUT2D eigenvalue weighted by molar-refractivity contribution is 7.98. The van der Waals surface area contributed by atoms with Gasteiger partial charge < -0.3 is 4.42 Å². The summed E-state index contributed by atoms with van der Waals surface area (Å²) < 4.78 is 7.12. The Kier molecular flexibility index (Phi) is 5.45. The van der Waals surface area contributed by atoms with E-state index in [9.17, 15) is 9.59 Å². The van der Waals surface area contributed by atoms with Crippen LogP contribution < -0.4 is 11.2 Å². The number of hydrogen-bond donors (Lipinski definition) is 0. The summed E-state index contributed by atoms with van der Waals surface area (Å²) in [6.07, 6.45) is 2.56. The molecule has 32 heavy (non-hydrogen) atoms. The maximum Gasteiger partial charge on any atom is 0.336 e. The van der Waals surface area contributed by atoms with E-state index >= 15 is 0 Å². The van der Waals surface area contributed by atoms with Gasteiger partial charge in [0, 0.05) is 28.6 Å². The molecule has 160 valence electrons. The number of benzene rings is 2. The lowest BCUT2D eigenvalue weighted by atomic mass is 10.0. The van der Waals surface area contributed by atoms with E-state index in [0.717, 1.165) is 37.9 Å². The van der Waals surface area contributed by atoms with Crippen molar-refractivity contribution in [2.45, 2.75) is 30.8 Å². The summed E-state index contributed by atoms with van der Waals surface area (Å²) in [5.41, 5.74) is 0.972. The van der Waals surface area contributed by atoms with Gasteiger partial charge in [0.2, 0.25) is 0 Å². The molecular formula is C25H20N2O3S2. The third kappa shape index (κ3) is 3.57. The second kappa shape index (κ2) is 8.41. The van der Waals surface area contributed by atoms with Crippen LogP contribution >= 0.6 is 23.1 Å². The maximum absolute atomic E-state index is 13.1. The van der Waals surface area contributed by atoms with Crippen molar-refractivity contribution in [3.8, 4) is 0 Å². The number of nitrogens with zero attached hydrogens (tertiary/aromatic N) is 2. The van der Waals surface area contributed by atoms with Gasteiger partial charge in [-0.25, -0.2) is 9.78 Å². The lowest BCUT2D eigenvalue weighted by molar-refractivity contribution is 0.560. The van der Waals surface area contributed by atoms with E-state index in [1.807, 2.05) is 42.5 Å². The maximum atomic E-state index is 13.1. The average Bonchev–Trinajstić information content (AvgIpc) is 3.23. The Hall–Kier alpha value is -3.16. The van der Waals surface area contributed by atoms with E-state index in [2.05, 4.69) is 13.5 Å². The van der Waals surface area contributed by atoms with Crippen LogP contribution in [0.3, 0.4) is 0 Å². The zero-order valence-electron chi connectivity index (χ0n) is 17.5. The molecule has 3 aromatic heterocycles. The first-order valence-electron chi connectivity index (χ1n) is 10.3. The Bertz CT molecular complexity index is 1610. The fraction of sp³-hybridized carbons (Fsp3) is 0.160. The molecule has 0 aliphatic rings. The second-order valence-corrected chi connectivity index (χ2v) is 9.48. The van der Waals surface area contributed by atoms with Gasteiger partial charge in [-0.2, -0.15) is 0 Å². The normalized spacial score (nSPS) is 11.5. The SMILES string of the molecule is C=CCn1c(SCc2cc(=O)oc3ccc4ccccc4c23)nc2sc(CC)cc2c1=O. The van der Waals surface area contributed by atoms with Crippen LogP contribution in [0.1, 0.15) is 17.4 Å². The monoisotopic (exact) mass is 460 g/mol. The smallest absolute Gasteiger partial charge is 0.336 e. The highest BCUT2D eigenvalue weighted by atomic mass is 32.2. The molecule has 2 aromatic carbocycles. The largest absolute Gasteiger partial charge is 0.423 e. The Labute approximate surface area is 192 Å². The number of aryl methyl sites for hydroxylation is 1. The van der Waals surface area contributed by atoms with E-state index in [4.69, 9.17) is 9.40 Å². The zero-order valence-corrected chi connectivity index (χ0v) is 19.1. The van der Waals surface area contributed by atoms with Crippen molar-refractivity contribution in [2.24, 2.45) is 0 Å². The summed E-state index contributed by atoms with van der Waals surface area (Å²) >= 11 is 3.00. The Balaban J connectivity index is 1.64. The molecule has 0 bridgehead atoms. The zero-order chi connectivity index (χ0) is 22.2. The minimum atomic E-state index is -0.388. The third-order valence-corrected chi connectivity index (χ3v) is 7.60. The van der Waals surface area contributed by atoms with Gasteiger partial charge in [-0.15, -0.1) is 17.9 Å². The minimum Gasteiger partial charge on any atom is -0.423 e. The van der Waals surface area contributed by atoms with Gasteiger partial charge >= 0.3 is 5.63 Å². The average molecular weight is 461 g/mol. The van der Waals surface area contributed by atoms with E-state index < -0.39 is 0 Å². The van der Waals surface area contributed by atoms with Crippen LogP contribution in [-0.2, 0) is 18.7 Å². The predicted octanol–water partition coefficient (Wildman–Crippen LogP) is 5.76. The van der Waals surface area contributed by atoms with Gasteiger partial charge in [0.1, 0.15) is 10.4 Å². The van der Waals surface area contributed by atoms with Crippen molar-refractivity contribution in [2.75, 3.05) is 0 Å². The fourth-order valence-electron chi connectivity index (χ4n) is 3.90. The second-order valence-electron chi connectivity index (χ2n) is 7.42. The summed E-state index contributed by atoms with van der Waals surface area (Å²) in [5.74, 6) is 0.483. The van der Waals surface area contributed by atoms with E-state index in [0.29, 0.717) is 28.4 Å². The van der Waals surface area contributed by atoms with Crippen molar-refractivity contribution in [1.82, 2.24) is 9.55 Å². The highest BCUT2D eigenvalue weighted by Crippen LogP contribution is 2.32. The quantitative estimate of drug-likeness (QED) is 0.106. The molecule has 0 spiro atoms. The molecule has 0 aliphatic heterocycles. The fourth-order valence-corrected chi connectivity index (χ4v) is 5.89. The molecule has 0 atom stereocenters. The molecule has 0 saturated carbocycles. The Morgan fingerprint density at radius 2 is 2.00 bits per heavy atom. The first-order chi connectivity index (χ1) is 15.6.